The molecule has 0 aliphatic carbocycles. The first-order valence-electron chi connectivity index (χ1n) is 59.6. The van der Waals surface area contributed by atoms with Crippen LogP contribution in [-0.4, -0.2) is 144 Å². The van der Waals surface area contributed by atoms with Crippen LogP contribution in [0.25, 0.3) is 0 Å². The largest absolute Gasteiger partial charge is 0.588 e. The minimum atomic E-state index is -5.10. The van der Waals surface area contributed by atoms with Crippen LogP contribution in [0.5, 0.6) is 11.5 Å². The molecule has 3 aromatic rings. The third kappa shape index (κ3) is 64.4. The number of carbonyl (C=O) groups is 6. The number of aliphatic hydroxyl groups is 3. The summed E-state index contributed by atoms with van der Waals surface area (Å²) >= 11 is 0. The average Bonchev–Trinajstić information content (AvgIpc) is 0.767. The number of benzene rings is 3. The highest BCUT2D eigenvalue weighted by Crippen LogP contribution is 2.53. The van der Waals surface area contributed by atoms with Gasteiger partial charge in [0.05, 0.1) is 39.1 Å². The molecule has 0 saturated carbocycles. The van der Waals surface area contributed by atoms with Gasteiger partial charge in [0.25, 0.3) is 0 Å². The van der Waals surface area contributed by atoms with E-state index in [1.165, 1.54) is 212 Å². The zero-order valence-electron chi connectivity index (χ0n) is 92.0. The molecule has 2 aliphatic heterocycles. The number of esters is 4. The van der Waals surface area contributed by atoms with Gasteiger partial charge in [-0.1, -0.05) is 494 Å². The van der Waals surface area contributed by atoms with E-state index in [0.29, 0.717) is 56.9 Å². The summed E-state index contributed by atoms with van der Waals surface area (Å²) in [5.41, 5.74) is 0.716. The van der Waals surface area contributed by atoms with Crippen LogP contribution in [0.4, 0.5) is 0 Å². The van der Waals surface area contributed by atoms with Crippen LogP contribution >= 0.6 is 7.82 Å². The highest BCUT2D eigenvalue weighted by molar-refractivity contribution is 7.49. The topological polar surface area (TPSA) is 306 Å². The first-order valence-corrected chi connectivity index (χ1v) is 61.1. The van der Waals surface area contributed by atoms with Gasteiger partial charge in [0, 0.05) is 19.3 Å². The lowest BCUT2D eigenvalue weighted by Crippen LogP contribution is -2.67. The molecule has 0 aromatic heterocycles. The maximum atomic E-state index is 16.1. The second kappa shape index (κ2) is 87.5. The maximum Gasteiger partial charge on any atom is 0.588 e. The van der Waals surface area contributed by atoms with E-state index in [0.717, 1.165) is 180 Å². The molecule has 0 unspecified atom stereocenters. The highest BCUT2D eigenvalue weighted by Gasteiger charge is 2.55. The van der Waals surface area contributed by atoms with E-state index in [2.05, 4.69) is 52.2 Å². The van der Waals surface area contributed by atoms with Crippen LogP contribution in [0, 0.1) is 0 Å². The Labute approximate surface area is 879 Å². The van der Waals surface area contributed by atoms with Crippen LogP contribution in [0.2, 0.25) is 0 Å². The van der Waals surface area contributed by atoms with E-state index in [1.807, 2.05) is 30.3 Å². The molecule has 2 fully saturated rings. The van der Waals surface area contributed by atoms with Gasteiger partial charge in [-0.2, -0.15) is 0 Å². The van der Waals surface area contributed by atoms with E-state index >= 15 is 14.2 Å². The summed E-state index contributed by atoms with van der Waals surface area (Å²) in [5, 5.41) is 43.2. The van der Waals surface area contributed by atoms with Crippen LogP contribution < -0.4 is 19.7 Å². The zero-order chi connectivity index (χ0) is 104. The number of hydrogen-bond donors (Lipinski definition) is 5. The molecule has 0 bridgehead atoms. The first-order chi connectivity index (χ1) is 70.9. The molecule has 145 heavy (non-hydrogen) atoms. The van der Waals surface area contributed by atoms with E-state index in [1.54, 1.807) is 60.7 Å². The summed E-state index contributed by atoms with van der Waals surface area (Å²) in [6.07, 6.45) is 56.5. The van der Waals surface area contributed by atoms with Crippen molar-refractivity contribution < 1.29 is 100 Å². The summed E-state index contributed by atoms with van der Waals surface area (Å²) in [5.74, 6) is -3.41. The summed E-state index contributed by atoms with van der Waals surface area (Å²) in [6, 6.07) is 22.4. The first kappa shape index (κ1) is 129. The van der Waals surface area contributed by atoms with Gasteiger partial charge in [-0.25, -0.2) is 4.57 Å². The number of rotatable bonds is 97. The van der Waals surface area contributed by atoms with Gasteiger partial charge in [0.1, 0.15) is 72.4 Å². The summed E-state index contributed by atoms with van der Waals surface area (Å²) in [7, 11) is -5.10. The Balaban J connectivity index is 1.56. The fourth-order valence-electron chi connectivity index (χ4n) is 19.9. The van der Waals surface area contributed by atoms with Gasteiger partial charge in [-0.15, -0.1) is 0 Å². The lowest BCUT2D eigenvalue weighted by molar-refractivity contribution is -0.304. The van der Waals surface area contributed by atoms with E-state index in [-0.39, 0.29) is 49.8 Å². The van der Waals surface area contributed by atoms with Crippen molar-refractivity contribution in [2.75, 3.05) is 13.2 Å². The summed E-state index contributed by atoms with van der Waals surface area (Å²) in [6.45, 7) is 11.6. The standard InChI is InChI=1S/C121H207N2O21P/c1-7-13-19-25-31-37-40-42-43-45-48-54-60-65-80-92-111(128)137-104(89-73-62-56-50-35-29-23-17-11-5)95-109(126)123-115-119(141-113(130)96-105(90-74-63-57-51-36-30-24-18-12-6)138-112(129)93-81-66-58-52-46-39-33-27-21-15-9-3)118(144-145(133,142-101-84-75-68-76-85-101)143-102-86-77-69-78-87-102)106(97-124)139-121(115)135-99-107-116(131)117(132)114(120(140-107)134-98-100-82-70-67-71-83-100)122-108(125)94-103(88-72-61-55-49-34-28-22-16-10-4)136-110(127)91-79-64-59-53-47-44-41-38-32-26-20-14-8-2/h67-71,75-78,82-87,103-107,114-121,124,131-132H,7-66,72-74,79-81,88-99H2,1-6H3,(H,122,125)(H,123,126)/t103-,104-,105-,106-,107-,114+,115+,116-,117-,118-,119-,120+,121-/m1/s1. The number of phosphoric ester groups is 1. The zero-order valence-corrected chi connectivity index (χ0v) is 92.9. The van der Waals surface area contributed by atoms with E-state index < -0.39 is 143 Å². The van der Waals surface area contributed by atoms with Gasteiger partial charge < -0.3 is 72.9 Å². The molecule has 2 amide bonds. The third-order valence-corrected chi connectivity index (χ3v) is 30.1. The van der Waals surface area contributed by atoms with Crippen LogP contribution in [0.3, 0.4) is 0 Å². The fraction of sp³-hybridized carbons (Fsp3) is 0.802. The second-order valence-corrected chi connectivity index (χ2v) is 43.6. The Bertz CT molecular complexity index is 3600. The molecule has 24 heteroatoms. The minimum Gasteiger partial charge on any atom is -0.462 e. The molecule has 2 aliphatic rings. The lowest BCUT2D eigenvalue weighted by atomic mass is 9.95. The van der Waals surface area contributed by atoms with Gasteiger partial charge in [0.2, 0.25) is 11.8 Å². The molecule has 5 N–H and O–H groups in total. The molecular weight excluding hydrogens is 1850 g/mol. The van der Waals surface area contributed by atoms with Gasteiger partial charge >= 0.3 is 31.7 Å². The molecule has 0 spiro atoms. The molecular formula is C121H207N2O21P. The Kier molecular flexibility index (Phi) is 78.1. The van der Waals surface area contributed by atoms with E-state index in [4.69, 9.17) is 51.5 Å². The van der Waals surface area contributed by atoms with Crippen LogP contribution in [-0.2, 0) is 82.4 Å². The SMILES string of the molecule is CCCCCCCCCCCCCCCCCC(=O)O[C@H](CCCCCCCCCCC)CC(=O)N[C@@H]1[C@H](OC[C@H]2O[C@H](OCc3ccccc3)[C@@H](NC(=O)C[C@@H](CCCCCCCCCCC)OC(=O)CCCCCCCCCCCCCCC)[C@@H](O)[C@@H]2O)O[C@H](CO)[C@@H](OP(=O)(Oc2ccccc2)Oc2ccccc2)[C@@H]1OC(=O)C[C@@H](CCCCCCCCCCC)OC(=O)CCCCCCCCCCCCC. The molecule has 5 rings (SSSR count). The Morgan fingerprint density at radius 3 is 0.910 bits per heavy atom. The molecule has 13 atom stereocenters. The minimum absolute atomic E-state index is 0.0471. The summed E-state index contributed by atoms with van der Waals surface area (Å²) < 4.78 is 88.0. The highest BCUT2D eigenvalue weighted by atomic mass is 31.2. The van der Waals surface area contributed by atoms with Gasteiger partial charge in [-0.05, 0) is 87.6 Å². The number of phosphoric acid groups is 1. The Morgan fingerprint density at radius 1 is 0.317 bits per heavy atom. The lowest BCUT2D eigenvalue weighted by Gasteiger charge is -2.46. The average molecular weight is 2060 g/mol. The van der Waals surface area contributed by atoms with Crippen LogP contribution in [0.15, 0.2) is 91.0 Å². The molecule has 832 valence electrons. The quantitative estimate of drug-likeness (QED) is 0.0152. The van der Waals surface area contributed by atoms with Crippen molar-refractivity contribution in [3.8, 4) is 11.5 Å². The normalized spacial score (nSPS) is 18.6. The molecule has 2 saturated heterocycles. The van der Waals surface area contributed by atoms with Gasteiger partial charge in [-0.3, -0.25) is 33.3 Å². The van der Waals surface area contributed by atoms with E-state index in [9.17, 15) is 34.5 Å². The van der Waals surface area contributed by atoms with Gasteiger partial charge in [0.15, 0.2) is 18.7 Å². The number of amides is 2. The number of ether oxygens (including phenoxy) is 8. The Morgan fingerprint density at radius 2 is 0.593 bits per heavy atom. The number of nitrogens with one attached hydrogen (secondary N) is 2. The molecule has 23 nitrogen and oxygen atoms in total. The number of aliphatic hydroxyl groups excluding tert-OH is 3. The van der Waals surface area contributed by atoms with Crippen molar-refractivity contribution in [3.63, 3.8) is 0 Å². The number of unbranched alkanes of at least 4 members (excludes halogenated alkanes) is 60. The van der Waals surface area contributed by atoms with Crippen molar-refractivity contribution in [2.45, 2.75) is 609 Å². The molecule has 0 radical (unpaired) electrons. The number of hydrogen-bond acceptors (Lipinski definition) is 21. The smallest absolute Gasteiger partial charge is 0.462 e. The second-order valence-electron chi connectivity index (χ2n) is 42.1. The maximum absolute atomic E-state index is 16.1. The number of para-hydroxylation sites is 2. The van der Waals surface area contributed by atoms with Crippen molar-refractivity contribution >= 4 is 43.5 Å². The Hall–Kier alpha value is -6.01. The predicted molar refractivity (Wildman–Crippen MR) is 584 cm³/mol. The van der Waals surface area contributed by atoms with Crippen molar-refractivity contribution in [1.29, 1.82) is 0 Å². The van der Waals surface area contributed by atoms with Crippen molar-refractivity contribution in [3.05, 3.63) is 96.6 Å². The molecule has 2 heterocycles. The monoisotopic (exact) mass is 2060 g/mol. The van der Waals surface area contributed by atoms with Crippen LogP contribution in [0.1, 0.15) is 529 Å². The van der Waals surface area contributed by atoms with Crippen molar-refractivity contribution in [2.24, 2.45) is 0 Å². The number of carbonyl (C=O) groups excluding carboxylic acids is 6. The summed E-state index contributed by atoms with van der Waals surface area (Å²) in [4.78, 5) is 88.7. The molecule has 3 aromatic carbocycles. The third-order valence-electron chi connectivity index (χ3n) is 28.8. The fourth-order valence-corrected chi connectivity index (χ4v) is 21.3. The predicted octanol–water partition coefficient (Wildman–Crippen LogP) is 31.0. The van der Waals surface area contributed by atoms with Crippen molar-refractivity contribution in [1.82, 2.24) is 10.6 Å².